The zero-order chi connectivity index (χ0) is 34.0. The van der Waals surface area contributed by atoms with Gasteiger partial charge in [-0.2, -0.15) is 26.3 Å². The van der Waals surface area contributed by atoms with E-state index in [-0.39, 0.29) is 12.3 Å². The largest absolute Gasteiger partial charge is 0.462 e. The lowest BCUT2D eigenvalue weighted by Gasteiger charge is -2.42. The van der Waals surface area contributed by atoms with E-state index < -0.39 is 59.4 Å². The monoisotopic (exact) mass is 644 g/mol. The molecule has 3 rings (SSSR count). The van der Waals surface area contributed by atoms with Crippen molar-refractivity contribution in [3.05, 3.63) is 47.1 Å². The summed E-state index contributed by atoms with van der Waals surface area (Å²) in [5.41, 5.74) is -1.89. The molecule has 3 aliphatic rings. The Morgan fingerprint density at radius 3 is 2.22 bits per heavy atom. The number of hydrogen-bond donors (Lipinski definition) is 0. The van der Waals surface area contributed by atoms with E-state index in [0.29, 0.717) is 31.8 Å². The summed E-state index contributed by atoms with van der Waals surface area (Å²) in [6.45, 7) is 10.9. The first-order valence-electron chi connectivity index (χ1n) is 14.7. The minimum Gasteiger partial charge on any atom is -0.462 e. The zero-order valence-corrected chi connectivity index (χ0v) is 25.9. The van der Waals surface area contributed by atoms with Gasteiger partial charge in [0.1, 0.15) is 12.2 Å². The Labute approximate surface area is 258 Å². The van der Waals surface area contributed by atoms with Crippen molar-refractivity contribution in [2.45, 2.75) is 110 Å². The van der Waals surface area contributed by atoms with E-state index in [1.807, 2.05) is 31.1 Å². The van der Waals surface area contributed by atoms with Crippen molar-refractivity contribution < 1.29 is 54.9 Å². The Morgan fingerprint density at radius 2 is 1.67 bits per heavy atom. The van der Waals surface area contributed by atoms with Crippen LogP contribution in [0.15, 0.2) is 47.1 Å². The third-order valence-corrected chi connectivity index (χ3v) is 8.78. The van der Waals surface area contributed by atoms with Crippen LogP contribution in [-0.4, -0.2) is 48.1 Å². The molecule has 1 unspecified atom stereocenters. The summed E-state index contributed by atoms with van der Waals surface area (Å²) < 4.78 is 96.2. The van der Waals surface area contributed by atoms with Crippen molar-refractivity contribution in [1.82, 2.24) is 0 Å². The summed E-state index contributed by atoms with van der Waals surface area (Å²) >= 11 is 0. The Balaban J connectivity index is 1.85. The average molecular weight is 645 g/mol. The fourth-order valence-corrected chi connectivity index (χ4v) is 6.79. The van der Waals surface area contributed by atoms with Gasteiger partial charge >= 0.3 is 35.9 Å². The number of halogens is 6. The number of carbonyl (C=O) groups excluding carboxylic acids is 3. The molecule has 248 valence electrons. The van der Waals surface area contributed by atoms with Crippen LogP contribution in [0.5, 0.6) is 0 Å². The van der Waals surface area contributed by atoms with Crippen molar-refractivity contribution in [3.63, 3.8) is 0 Å². The van der Waals surface area contributed by atoms with Crippen molar-refractivity contribution >= 4 is 17.9 Å². The fourth-order valence-electron chi connectivity index (χ4n) is 6.79. The number of carbonyl (C=O) groups is 3. The summed E-state index contributed by atoms with van der Waals surface area (Å²) in [4.78, 5) is 34.5. The molecule has 0 aromatic heterocycles. The molecule has 0 amide bonds. The second-order valence-electron chi connectivity index (χ2n) is 12.1. The van der Waals surface area contributed by atoms with Crippen LogP contribution in [0.4, 0.5) is 26.3 Å². The molecular formula is C33H38F6O6. The zero-order valence-electron chi connectivity index (χ0n) is 25.9. The Bertz CT molecular complexity index is 1340. The van der Waals surface area contributed by atoms with E-state index in [2.05, 4.69) is 11.3 Å². The summed E-state index contributed by atoms with van der Waals surface area (Å²) in [5.74, 6) is 0.157. The van der Waals surface area contributed by atoms with Gasteiger partial charge in [-0.1, -0.05) is 55.7 Å². The topological polar surface area (TPSA) is 78.9 Å². The van der Waals surface area contributed by atoms with Crippen LogP contribution < -0.4 is 0 Å². The standard InChI is InChI=1S/C33H38F6O6/c1-19(9-7-16-31(32(34,35)36,33(37,38)39)45-23(5)42)27-13-14-28-24(10-8-15-30(27,28)6)11-12-25-17-26(43-21(3)40)18-29(20(25)2)44-22(4)41/h11-13,19,26,28-29H,2,8-10,14-15,17-18H2,1,3-6H3/b24-11+,25-12-/t19-,26-,28?,29+,30-/m1/s1. The normalized spacial score (nSPS) is 28.0. The molecule has 0 heterocycles. The highest BCUT2D eigenvalue weighted by molar-refractivity contribution is 5.68. The molecule has 2 fully saturated rings. The van der Waals surface area contributed by atoms with E-state index in [0.717, 1.165) is 36.0 Å². The summed E-state index contributed by atoms with van der Waals surface area (Å²) in [7, 11) is 0. The maximum atomic E-state index is 13.6. The summed E-state index contributed by atoms with van der Waals surface area (Å²) in [6, 6.07) is 0. The SMILES string of the molecule is C=C1/C(=C\C=C2/CCC[C@]3(C)C([C@H](C)CC#CC(OC(C)=O)(C(F)(F)F)C(F)(F)F)=CCC23)C[C@@H](OC(C)=O)C[C@@H]1OC(C)=O. The van der Waals surface area contributed by atoms with Crippen LogP contribution in [0, 0.1) is 29.1 Å². The minimum absolute atomic E-state index is 0.0457. The molecule has 0 aromatic rings. The predicted molar refractivity (Wildman–Crippen MR) is 152 cm³/mol. The molecule has 0 N–H and O–H groups in total. The lowest BCUT2D eigenvalue weighted by atomic mass is 9.62. The van der Waals surface area contributed by atoms with Crippen molar-refractivity contribution in [2.75, 3.05) is 0 Å². The minimum atomic E-state index is -5.99. The van der Waals surface area contributed by atoms with Gasteiger partial charge in [-0.25, -0.2) is 0 Å². The number of alkyl halides is 6. The van der Waals surface area contributed by atoms with Gasteiger partial charge in [-0.3, -0.25) is 14.4 Å². The lowest BCUT2D eigenvalue weighted by Crippen LogP contribution is -2.58. The van der Waals surface area contributed by atoms with Gasteiger partial charge in [0.05, 0.1) is 0 Å². The quantitative estimate of drug-likeness (QED) is 0.0973. The van der Waals surface area contributed by atoms with E-state index >= 15 is 0 Å². The van der Waals surface area contributed by atoms with Gasteiger partial charge < -0.3 is 14.2 Å². The molecule has 45 heavy (non-hydrogen) atoms. The lowest BCUT2D eigenvalue weighted by molar-refractivity contribution is -0.345. The number of fused-ring (bicyclic) bond motifs is 1. The molecule has 0 aromatic carbocycles. The van der Waals surface area contributed by atoms with E-state index in [9.17, 15) is 40.7 Å². The van der Waals surface area contributed by atoms with Gasteiger partial charge in [-0.05, 0) is 60.0 Å². The maximum absolute atomic E-state index is 13.6. The van der Waals surface area contributed by atoms with Crippen molar-refractivity contribution in [1.29, 1.82) is 0 Å². The molecule has 12 heteroatoms. The highest BCUT2D eigenvalue weighted by atomic mass is 19.4. The first kappa shape index (κ1) is 36.0. The fraction of sp³-hybridized carbons (Fsp3) is 0.606. The summed E-state index contributed by atoms with van der Waals surface area (Å²) in [5, 5.41) is 0. The summed E-state index contributed by atoms with van der Waals surface area (Å²) in [6.07, 6.45) is -3.85. The maximum Gasteiger partial charge on any atom is 0.450 e. The highest BCUT2D eigenvalue weighted by Crippen LogP contribution is 2.57. The molecule has 0 aliphatic heterocycles. The Hall–Kier alpha value is -3.49. The van der Waals surface area contributed by atoms with Crippen LogP contribution in [0.1, 0.15) is 79.6 Å². The Morgan fingerprint density at radius 1 is 1.04 bits per heavy atom. The van der Waals surface area contributed by atoms with Gasteiger partial charge in [0.15, 0.2) is 0 Å². The van der Waals surface area contributed by atoms with Crippen molar-refractivity contribution in [2.24, 2.45) is 17.3 Å². The average Bonchev–Trinajstić information content (AvgIpc) is 3.24. The van der Waals surface area contributed by atoms with Crippen LogP contribution in [0.2, 0.25) is 0 Å². The molecule has 0 saturated heterocycles. The van der Waals surface area contributed by atoms with E-state index in [4.69, 9.17) is 9.47 Å². The molecular weight excluding hydrogens is 606 g/mol. The van der Waals surface area contributed by atoms with E-state index in [1.54, 1.807) is 6.92 Å². The molecule has 0 radical (unpaired) electrons. The molecule has 0 bridgehead atoms. The highest BCUT2D eigenvalue weighted by Gasteiger charge is 2.74. The third-order valence-electron chi connectivity index (χ3n) is 8.78. The Kier molecular flexibility index (Phi) is 10.8. The molecule has 3 aliphatic carbocycles. The number of rotatable bonds is 6. The van der Waals surface area contributed by atoms with Crippen LogP contribution >= 0.6 is 0 Å². The predicted octanol–water partition coefficient (Wildman–Crippen LogP) is 7.65. The first-order valence-corrected chi connectivity index (χ1v) is 14.7. The smallest absolute Gasteiger partial charge is 0.450 e. The van der Waals surface area contributed by atoms with Gasteiger partial charge in [0.25, 0.3) is 0 Å². The number of ether oxygens (including phenoxy) is 3. The number of esters is 3. The van der Waals surface area contributed by atoms with Crippen LogP contribution in [-0.2, 0) is 28.6 Å². The van der Waals surface area contributed by atoms with Crippen LogP contribution in [0.25, 0.3) is 0 Å². The molecule has 0 spiro atoms. The van der Waals surface area contributed by atoms with Gasteiger partial charge in [0.2, 0.25) is 0 Å². The second kappa shape index (κ2) is 13.5. The number of allylic oxidation sites excluding steroid dienone is 5. The number of hydrogen-bond acceptors (Lipinski definition) is 6. The van der Waals surface area contributed by atoms with Crippen molar-refractivity contribution in [3.8, 4) is 11.8 Å². The van der Waals surface area contributed by atoms with E-state index in [1.165, 1.54) is 19.8 Å². The first-order chi connectivity index (χ1) is 20.7. The second-order valence-corrected chi connectivity index (χ2v) is 12.1. The third kappa shape index (κ3) is 7.85. The van der Waals surface area contributed by atoms with Crippen LogP contribution in [0.3, 0.4) is 0 Å². The van der Waals surface area contributed by atoms with Gasteiger partial charge in [-0.15, -0.1) is 0 Å². The van der Waals surface area contributed by atoms with Gasteiger partial charge in [0, 0.05) is 40.0 Å². The molecule has 5 atom stereocenters. The molecule has 2 saturated carbocycles. The molecule has 6 nitrogen and oxygen atoms in total.